The number of hydrogen-bond donors (Lipinski definition) is 1. The minimum atomic E-state index is -1.29. The highest BCUT2D eigenvalue weighted by atomic mass is 16.6. The summed E-state index contributed by atoms with van der Waals surface area (Å²) < 4.78 is 59.1. The average Bonchev–Trinajstić information content (AvgIpc) is 1.75. The predicted octanol–water partition coefficient (Wildman–Crippen LogP) is 25.6. The molecule has 1 amide bonds. The van der Waals surface area contributed by atoms with Crippen molar-refractivity contribution in [3.05, 3.63) is 136 Å². The zero-order chi connectivity index (χ0) is 80.5. The molecule has 16 nitrogen and oxygen atoms in total. The topological polar surface area (TPSA) is 181 Å². The van der Waals surface area contributed by atoms with Gasteiger partial charge in [-0.05, 0) is 85.3 Å². The van der Waals surface area contributed by atoms with Crippen molar-refractivity contribution >= 4 is 23.5 Å². The Labute approximate surface area is 683 Å². The number of amides is 1. The molecule has 0 aliphatic carbocycles. The minimum absolute atomic E-state index is 0.00275. The third-order valence-electron chi connectivity index (χ3n) is 22.5. The minimum Gasteiger partial charge on any atom is -0.497 e. The van der Waals surface area contributed by atoms with Crippen molar-refractivity contribution in [2.75, 3.05) is 53.1 Å². The van der Waals surface area contributed by atoms with Gasteiger partial charge in [0.05, 0.1) is 47.1 Å². The smallest absolute Gasteiger partial charge is 0.351 e. The first-order valence-electron chi connectivity index (χ1n) is 45.3. The van der Waals surface area contributed by atoms with Crippen LogP contribution in [0.1, 0.15) is 382 Å². The summed E-state index contributed by atoms with van der Waals surface area (Å²) in [6, 6.07) is 30.0. The summed E-state index contributed by atoms with van der Waals surface area (Å²) in [6.45, 7) is 9.47. The van der Waals surface area contributed by atoms with Crippen LogP contribution in [0.15, 0.2) is 108 Å². The van der Waals surface area contributed by atoms with Crippen molar-refractivity contribution in [2.45, 2.75) is 379 Å². The Morgan fingerprint density at radius 1 is 0.442 bits per heavy atom. The number of methoxy groups -OCH3 is 3. The Kier molecular flexibility index (Phi) is 50.4. The van der Waals surface area contributed by atoms with Gasteiger partial charge in [-0.2, -0.15) is 4.98 Å². The lowest BCUT2D eigenvalue weighted by molar-refractivity contribution is -0.160. The molecule has 0 spiro atoms. The van der Waals surface area contributed by atoms with E-state index in [2.05, 4.69) is 31.1 Å². The SMILES string of the molecule is CCCCCCCCCCCCCCCCCCOc1cc(C(=O)Nc2ccn([C@@H]3O[C@H](COC(c4ccccc4)(c4ccc(OC)cc4)c4ccc(OC)cc4)[C@@H](OC(=O)CCC(C)=O)[C@H]3OC)c(=O)n2)cc(OCCCCCCCCCCCCCCCCCC)c1OCCCCCCCCCCCCCCCCCC. The second kappa shape index (κ2) is 59.8. The number of nitrogens with zero attached hydrogens (tertiary/aromatic N) is 2. The first-order chi connectivity index (χ1) is 55.5. The summed E-state index contributed by atoms with van der Waals surface area (Å²) in [6.07, 6.45) is 58.1. The van der Waals surface area contributed by atoms with Crippen molar-refractivity contribution < 1.29 is 57.0 Å². The van der Waals surface area contributed by atoms with Crippen LogP contribution in [-0.4, -0.2) is 93.3 Å². The Bertz CT molecular complexity index is 3220. The van der Waals surface area contributed by atoms with E-state index in [0.29, 0.717) is 48.6 Å². The molecule has 113 heavy (non-hydrogen) atoms. The van der Waals surface area contributed by atoms with E-state index in [1.807, 2.05) is 78.9 Å². The fourth-order valence-electron chi connectivity index (χ4n) is 15.6. The van der Waals surface area contributed by atoms with Crippen LogP contribution in [-0.2, 0) is 34.1 Å². The van der Waals surface area contributed by atoms with Gasteiger partial charge in [0.1, 0.15) is 40.9 Å². The Balaban J connectivity index is 1.19. The molecule has 632 valence electrons. The molecule has 4 aromatic carbocycles. The summed E-state index contributed by atoms with van der Waals surface area (Å²) in [4.78, 5) is 59.8. The Hall–Kier alpha value is -6.75. The molecule has 5 aromatic rings. The number of carbonyl (C=O) groups is 3. The number of anilines is 1. The zero-order valence-corrected chi connectivity index (χ0v) is 71.5. The van der Waals surface area contributed by atoms with Crippen LogP contribution in [0.3, 0.4) is 0 Å². The standard InChI is InChI=1S/C97H151N3O13/c1-8-11-14-17-20-23-26-29-32-35-38-41-44-47-50-56-73-108-86-76-80(77-87(109-74-57-51-48-45-42-39-36-33-30-27-24-21-18-15-12-9-2)91(86)110-75-58-52-49-46-43-40-37-34-31-28-25-22-19-16-13-10-3)94(103)98-89-71-72-100(96(104)99-89)95-93(107-7)92(113-90(102)70-61-79(4)101)88(112-95)78-111-97(81-59-54-53-55-60-81,82-62-66-84(105-5)67-63-82)83-64-68-85(106-6)69-65-83/h53-55,59-60,62-69,71-72,76-77,88,92-93,95H,8-52,56-58,61,70,73-75,78H2,1-7H3,(H,98,99,103,104)/t88-,92-,93-,95-/m1/s1. The molecule has 2 heterocycles. The van der Waals surface area contributed by atoms with Crippen molar-refractivity contribution in [1.82, 2.24) is 9.55 Å². The lowest BCUT2D eigenvalue weighted by atomic mass is 9.80. The van der Waals surface area contributed by atoms with E-state index in [0.717, 1.165) is 74.5 Å². The van der Waals surface area contributed by atoms with E-state index in [-0.39, 0.29) is 36.6 Å². The first kappa shape index (κ1) is 95.1. The molecule has 1 fully saturated rings. The number of Topliss-reactive ketones (excluding diaryl/α,β-unsaturated/α-hetero) is 1. The number of esters is 1. The van der Waals surface area contributed by atoms with Gasteiger partial charge in [-0.1, -0.05) is 364 Å². The molecule has 0 bridgehead atoms. The molecule has 0 radical (unpaired) electrons. The number of ketones is 1. The molecule has 4 atom stereocenters. The number of ether oxygens (including phenoxy) is 9. The lowest BCUT2D eigenvalue weighted by Gasteiger charge is -2.37. The number of carbonyl (C=O) groups excluding carboxylic acids is 3. The van der Waals surface area contributed by atoms with Crippen LogP contribution < -0.4 is 34.7 Å². The Morgan fingerprint density at radius 2 is 0.805 bits per heavy atom. The number of nitrogens with one attached hydrogen (secondary N) is 1. The molecule has 16 heteroatoms. The van der Waals surface area contributed by atoms with Gasteiger partial charge < -0.3 is 52.7 Å². The fourth-order valence-corrected chi connectivity index (χ4v) is 15.6. The number of rotatable bonds is 70. The van der Waals surface area contributed by atoms with E-state index >= 15 is 0 Å². The van der Waals surface area contributed by atoms with Crippen LogP contribution in [0.4, 0.5) is 5.82 Å². The van der Waals surface area contributed by atoms with Crippen LogP contribution >= 0.6 is 0 Å². The molecule has 1 aromatic heterocycles. The maximum Gasteiger partial charge on any atom is 0.351 e. The average molecular weight is 1570 g/mol. The largest absolute Gasteiger partial charge is 0.497 e. The van der Waals surface area contributed by atoms with Crippen LogP contribution in [0.2, 0.25) is 0 Å². The van der Waals surface area contributed by atoms with E-state index in [4.69, 9.17) is 42.6 Å². The molecule has 6 rings (SSSR count). The van der Waals surface area contributed by atoms with Gasteiger partial charge in [-0.25, -0.2) is 4.79 Å². The maximum atomic E-state index is 14.8. The molecular formula is C97H151N3O13. The van der Waals surface area contributed by atoms with E-state index in [1.54, 1.807) is 26.4 Å². The first-order valence-corrected chi connectivity index (χ1v) is 45.3. The fraction of sp³-hybridized carbons (Fsp3) is 0.680. The summed E-state index contributed by atoms with van der Waals surface area (Å²) in [5, 5.41) is 2.92. The lowest BCUT2D eigenvalue weighted by Crippen LogP contribution is -2.42. The third kappa shape index (κ3) is 37.0. The van der Waals surface area contributed by atoms with E-state index in [9.17, 15) is 19.2 Å². The maximum absolute atomic E-state index is 14.8. The monoisotopic (exact) mass is 1570 g/mol. The predicted molar refractivity (Wildman–Crippen MR) is 461 cm³/mol. The second-order valence-corrected chi connectivity index (χ2v) is 32.0. The zero-order valence-electron chi connectivity index (χ0n) is 71.5. The van der Waals surface area contributed by atoms with Gasteiger partial charge in [-0.15, -0.1) is 0 Å². The van der Waals surface area contributed by atoms with Gasteiger partial charge >= 0.3 is 11.7 Å². The van der Waals surface area contributed by atoms with Crippen molar-refractivity contribution in [3.8, 4) is 28.7 Å². The highest BCUT2D eigenvalue weighted by Crippen LogP contribution is 2.45. The number of unbranched alkanes of at least 4 members (excludes halogenated alkanes) is 45. The molecule has 0 unspecified atom stereocenters. The van der Waals surface area contributed by atoms with Crippen molar-refractivity contribution in [3.63, 3.8) is 0 Å². The van der Waals surface area contributed by atoms with E-state index < -0.39 is 47.7 Å². The van der Waals surface area contributed by atoms with Crippen LogP contribution in [0, 0.1) is 0 Å². The summed E-state index contributed by atoms with van der Waals surface area (Å²) in [5.41, 5.74) is 0.511. The number of aromatic nitrogens is 2. The molecule has 1 N–H and O–H groups in total. The van der Waals surface area contributed by atoms with E-state index in [1.165, 1.54) is 281 Å². The van der Waals surface area contributed by atoms with Gasteiger partial charge in [-0.3, -0.25) is 14.2 Å². The second-order valence-electron chi connectivity index (χ2n) is 32.0. The molecule has 1 saturated heterocycles. The Morgan fingerprint density at radius 3 is 1.16 bits per heavy atom. The number of hydrogen-bond acceptors (Lipinski definition) is 14. The number of benzene rings is 4. The molecule has 1 aliphatic heterocycles. The summed E-state index contributed by atoms with van der Waals surface area (Å²) in [7, 11) is 4.67. The van der Waals surface area contributed by atoms with Gasteiger partial charge in [0.25, 0.3) is 5.91 Å². The molecular weight excluding hydrogens is 1420 g/mol. The summed E-state index contributed by atoms with van der Waals surface area (Å²) >= 11 is 0. The van der Waals surface area contributed by atoms with Gasteiger partial charge in [0.2, 0.25) is 5.75 Å². The van der Waals surface area contributed by atoms with Gasteiger partial charge in [0, 0.05) is 25.3 Å². The highest BCUT2D eigenvalue weighted by molar-refractivity contribution is 6.04. The highest BCUT2D eigenvalue weighted by Gasteiger charge is 2.51. The third-order valence-corrected chi connectivity index (χ3v) is 22.5. The summed E-state index contributed by atoms with van der Waals surface area (Å²) in [5.74, 6) is 1.37. The van der Waals surface area contributed by atoms with Crippen LogP contribution in [0.5, 0.6) is 28.7 Å². The molecule has 1 aliphatic rings. The molecule has 0 saturated carbocycles. The normalized spacial score (nSPS) is 14.8. The quantitative estimate of drug-likeness (QED) is 0.0220. The van der Waals surface area contributed by atoms with Crippen molar-refractivity contribution in [2.24, 2.45) is 0 Å². The van der Waals surface area contributed by atoms with Gasteiger partial charge in [0.15, 0.2) is 23.8 Å². The van der Waals surface area contributed by atoms with Crippen LogP contribution in [0.25, 0.3) is 0 Å². The van der Waals surface area contributed by atoms with Crippen molar-refractivity contribution in [1.29, 1.82) is 0 Å².